The van der Waals surface area contributed by atoms with Crippen LogP contribution in [0.3, 0.4) is 0 Å². The highest BCUT2D eigenvalue weighted by Gasteiger charge is 2.56. The Bertz CT molecular complexity index is 1200. The lowest BCUT2D eigenvalue weighted by molar-refractivity contribution is -0.331. The molecule has 0 unspecified atom stereocenters. The molecule has 2 fully saturated rings. The lowest BCUT2D eigenvalue weighted by atomic mass is 9.97. The van der Waals surface area contributed by atoms with E-state index >= 15 is 0 Å². The van der Waals surface area contributed by atoms with Gasteiger partial charge in [0.05, 0.1) is 6.61 Å². The Morgan fingerprint density at radius 3 is 1.09 bits per heavy atom. The minimum absolute atomic E-state index is 0.541. The number of hydrogen-bond donors (Lipinski definition) is 0. The van der Waals surface area contributed by atoms with Gasteiger partial charge in [-0.25, -0.2) is 0 Å². The number of rotatable bonds is 12. The molecule has 0 aromatic carbocycles. The molecule has 0 aromatic rings. The van der Waals surface area contributed by atoms with Gasteiger partial charge < -0.3 is 52.1 Å². The number of ether oxygens (including phenoxy) is 11. The number of hydrogen-bond acceptors (Lipinski definition) is 19. The standard InChI is InChI=1S/C28H38O19/c1-11(29)37-9-19-21(39-12(2)30)23(41-14(4)32)25(43-16(6)34)27(46-19)38-10-20-22(40-13(3)31)24(42-15(5)33)26(44-17(7)35)28(47-20)45-18(8)36/h19-28H,9-10H2,1-8H3/t19-,20-,21+,22+,23+,24+,25-,26-,27-,28-/m1/s1. The predicted molar refractivity (Wildman–Crippen MR) is 145 cm³/mol. The Morgan fingerprint density at radius 1 is 0.383 bits per heavy atom. The molecular weight excluding hydrogens is 640 g/mol. The van der Waals surface area contributed by atoms with Crippen molar-refractivity contribution >= 4 is 47.8 Å². The highest BCUT2D eigenvalue weighted by Crippen LogP contribution is 2.33. The van der Waals surface area contributed by atoms with Gasteiger partial charge in [-0.3, -0.25) is 38.4 Å². The van der Waals surface area contributed by atoms with Crippen molar-refractivity contribution < 1.29 is 90.5 Å². The van der Waals surface area contributed by atoms with Crippen molar-refractivity contribution in [3.63, 3.8) is 0 Å². The van der Waals surface area contributed by atoms with Crippen LogP contribution in [0.1, 0.15) is 55.4 Å². The third kappa shape index (κ3) is 12.1. The summed E-state index contributed by atoms with van der Waals surface area (Å²) >= 11 is 0. The summed E-state index contributed by atoms with van der Waals surface area (Å²) < 4.78 is 59.8. The highest BCUT2D eigenvalue weighted by atomic mass is 16.8. The Labute approximate surface area is 268 Å². The van der Waals surface area contributed by atoms with Crippen LogP contribution in [0.2, 0.25) is 0 Å². The van der Waals surface area contributed by atoms with E-state index in [2.05, 4.69) is 0 Å². The third-order valence-electron chi connectivity index (χ3n) is 6.15. The average molecular weight is 679 g/mol. The Morgan fingerprint density at radius 2 is 0.702 bits per heavy atom. The molecule has 0 aromatic heterocycles. The van der Waals surface area contributed by atoms with Crippen molar-refractivity contribution in [1.29, 1.82) is 0 Å². The van der Waals surface area contributed by atoms with E-state index in [4.69, 9.17) is 52.1 Å². The number of esters is 8. The summed E-state index contributed by atoms with van der Waals surface area (Å²) in [7, 11) is 0. The van der Waals surface area contributed by atoms with Gasteiger partial charge in [0.2, 0.25) is 12.4 Å². The second-order valence-corrected chi connectivity index (χ2v) is 10.3. The van der Waals surface area contributed by atoms with Gasteiger partial charge in [0.15, 0.2) is 36.8 Å². The van der Waals surface area contributed by atoms with Crippen LogP contribution in [0.5, 0.6) is 0 Å². The largest absolute Gasteiger partial charge is 0.463 e. The SMILES string of the molecule is CC(=O)OC[C@H]1O[C@@H](OC[C@H]2O[C@@H](OC(C)=O)[C@H](OC(C)=O)[C@@H](OC(C)=O)[C@H]2OC(C)=O)[C@H](OC(C)=O)[C@@H](OC(C)=O)[C@H]1OC(C)=O. The van der Waals surface area contributed by atoms with E-state index in [1.165, 1.54) is 0 Å². The fourth-order valence-corrected chi connectivity index (χ4v) is 4.76. The first-order valence-electron chi connectivity index (χ1n) is 14.2. The van der Waals surface area contributed by atoms with Crippen LogP contribution in [-0.4, -0.2) is 122 Å². The summed E-state index contributed by atoms with van der Waals surface area (Å²) in [5.74, 6) is -6.93. The second-order valence-electron chi connectivity index (χ2n) is 10.3. The Kier molecular flexibility index (Phi) is 14.5. The van der Waals surface area contributed by atoms with E-state index in [0.717, 1.165) is 55.4 Å². The van der Waals surface area contributed by atoms with E-state index in [-0.39, 0.29) is 0 Å². The van der Waals surface area contributed by atoms with Crippen molar-refractivity contribution in [3.8, 4) is 0 Å². The fraction of sp³-hybridized carbons (Fsp3) is 0.714. The van der Waals surface area contributed by atoms with Crippen LogP contribution in [-0.2, 0) is 90.5 Å². The maximum atomic E-state index is 12.1. The molecule has 19 heteroatoms. The first kappa shape index (κ1) is 38.8. The van der Waals surface area contributed by atoms with Crippen LogP contribution in [0, 0.1) is 0 Å². The predicted octanol–water partition coefficient (Wildman–Crippen LogP) is -0.831. The van der Waals surface area contributed by atoms with E-state index in [0.29, 0.717) is 0 Å². The average Bonchev–Trinajstić information content (AvgIpc) is 2.91. The Balaban J connectivity index is 2.56. The summed E-state index contributed by atoms with van der Waals surface area (Å²) in [4.78, 5) is 95.9. The normalized spacial score (nSPS) is 30.0. The topological polar surface area (TPSA) is 238 Å². The van der Waals surface area contributed by atoms with Crippen molar-refractivity contribution in [2.24, 2.45) is 0 Å². The Hall–Kier alpha value is -4.36. The van der Waals surface area contributed by atoms with Gasteiger partial charge in [-0.05, 0) is 0 Å². The molecule has 2 heterocycles. The molecule has 2 aliphatic rings. The zero-order valence-corrected chi connectivity index (χ0v) is 26.9. The molecule has 10 atom stereocenters. The molecule has 0 spiro atoms. The third-order valence-corrected chi connectivity index (χ3v) is 6.15. The van der Waals surface area contributed by atoms with Gasteiger partial charge in [0.25, 0.3) is 0 Å². The lowest BCUT2D eigenvalue weighted by Gasteiger charge is -2.46. The minimum atomic E-state index is -1.71. The summed E-state index contributed by atoms with van der Waals surface area (Å²) in [6.07, 6.45) is -15.6. The number of carbonyl (C=O) groups excluding carboxylic acids is 8. The molecule has 2 saturated heterocycles. The smallest absolute Gasteiger partial charge is 0.305 e. The molecule has 47 heavy (non-hydrogen) atoms. The highest BCUT2D eigenvalue weighted by molar-refractivity contribution is 5.70. The van der Waals surface area contributed by atoms with Gasteiger partial charge >= 0.3 is 47.8 Å². The van der Waals surface area contributed by atoms with E-state index in [9.17, 15) is 38.4 Å². The molecule has 0 saturated carbocycles. The molecule has 0 radical (unpaired) electrons. The van der Waals surface area contributed by atoms with Crippen LogP contribution in [0.25, 0.3) is 0 Å². The quantitative estimate of drug-likeness (QED) is 0.181. The van der Waals surface area contributed by atoms with Crippen molar-refractivity contribution in [1.82, 2.24) is 0 Å². The maximum Gasteiger partial charge on any atom is 0.305 e. The molecule has 0 aliphatic carbocycles. The zero-order valence-electron chi connectivity index (χ0n) is 26.9. The van der Waals surface area contributed by atoms with Crippen LogP contribution < -0.4 is 0 Å². The molecule has 0 N–H and O–H groups in total. The molecule has 2 rings (SSSR count). The first-order valence-corrected chi connectivity index (χ1v) is 14.2. The van der Waals surface area contributed by atoms with Crippen LogP contribution >= 0.6 is 0 Å². The summed E-state index contributed by atoms with van der Waals surface area (Å²) in [6.45, 7) is 7.09. The summed E-state index contributed by atoms with van der Waals surface area (Å²) in [5.41, 5.74) is 0. The fourth-order valence-electron chi connectivity index (χ4n) is 4.76. The minimum Gasteiger partial charge on any atom is -0.463 e. The van der Waals surface area contributed by atoms with Crippen molar-refractivity contribution in [3.05, 3.63) is 0 Å². The monoisotopic (exact) mass is 678 g/mol. The first-order chi connectivity index (χ1) is 21.9. The molecule has 2 aliphatic heterocycles. The molecule has 19 nitrogen and oxygen atoms in total. The van der Waals surface area contributed by atoms with Gasteiger partial charge in [-0.2, -0.15) is 0 Å². The second kappa shape index (κ2) is 17.5. The zero-order chi connectivity index (χ0) is 35.6. The van der Waals surface area contributed by atoms with Gasteiger partial charge in [0.1, 0.15) is 18.8 Å². The van der Waals surface area contributed by atoms with Gasteiger partial charge in [-0.15, -0.1) is 0 Å². The molecular formula is C28H38O19. The summed E-state index contributed by atoms with van der Waals surface area (Å²) in [6, 6.07) is 0. The summed E-state index contributed by atoms with van der Waals surface area (Å²) in [5, 5.41) is 0. The van der Waals surface area contributed by atoms with E-state index < -0.39 is 122 Å². The molecule has 0 bridgehead atoms. The van der Waals surface area contributed by atoms with Crippen LogP contribution in [0.4, 0.5) is 0 Å². The van der Waals surface area contributed by atoms with Crippen molar-refractivity contribution in [2.75, 3.05) is 13.2 Å². The number of carbonyl (C=O) groups is 8. The van der Waals surface area contributed by atoms with E-state index in [1.54, 1.807) is 0 Å². The maximum absolute atomic E-state index is 12.1. The van der Waals surface area contributed by atoms with E-state index in [1.807, 2.05) is 0 Å². The van der Waals surface area contributed by atoms with Crippen molar-refractivity contribution in [2.45, 2.75) is 117 Å². The molecule has 0 amide bonds. The van der Waals surface area contributed by atoms with Gasteiger partial charge in [0, 0.05) is 55.4 Å². The van der Waals surface area contributed by atoms with Crippen LogP contribution in [0.15, 0.2) is 0 Å². The molecule has 264 valence electrons. The lowest BCUT2D eigenvalue weighted by Crippen LogP contribution is -2.65. The van der Waals surface area contributed by atoms with Gasteiger partial charge in [-0.1, -0.05) is 0 Å².